The Morgan fingerprint density at radius 1 is 1.69 bits per heavy atom. The Morgan fingerprint density at radius 2 is 2.31 bits per heavy atom. The minimum absolute atomic E-state index is 0.405. The van der Waals surface area contributed by atoms with Gasteiger partial charge in [-0.3, -0.25) is 0 Å². The maximum Gasteiger partial charge on any atom is 0.140 e. The molecule has 13 heavy (non-hydrogen) atoms. The van der Waals surface area contributed by atoms with E-state index >= 15 is 0 Å². The van der Waals surface area contributed by atoms with Gasteiger partial charge in [0.2, 0.25) is 0 Å². The topological polar surface area (TPSA) is 20.3 Å². The minimum Gasteiger partial charge on any atom is -0.314 e. The SMILES string of the molecule is C#CC[N+](C)(C)C1CN(C)S(=O)C1. The fourth-order valence-corrected chi connectivity index (χ4v) is 2.94. The molecule has 0 spiro atoms. The van der Waals surface area contributed by atoms with Crippen LogP contribution in [0.1, 0.15) is 0 Å². The summed E-state index contributed by atoms with van der Waals surface area (Å²) < 4.78 is 14.1. The summed E-state index contributed by atoms with van der Waals surface area (Å²) in [5, 5.41) is 0. The van der Waals surface area contributed by atoms with Crippen LogP contribution < -0.4 is 0 Å². The molecule has 0 aliphatic carbocycles. The van der Waals surface area contributed by atoms with Crippen molar-refractivity contribution in [2.75, 3.05) is 40.0 Å². The van der Waals surface area contributed by atoms with Crippen molar-refractivity contribution in [1.82, 2.24) is 4.31 Å². The van der Waals surface area contributed by atoms with E-state index in [1.807, 2.05) is 11.4 Å². The van der Waals surface area contributed by atoms with Crippen LogP contribution in [0.5, 0.6) is 0 Å². The molecule has 0 aromatic heterocycles. The second-order valence-electron chi connectivity index (χ2n) is 4.09. The third kappa shape index (κ3) is 2.31. The predicted octanol–water partition coefficient (Wildman–Crippen LogP) is -0.326. The van der Waals surface area contributed by atoms with Crippen LogP contribution >= 0.6 is 0 Å². The second-order valence-corrected chi connectivity index (χ2v) is 5.69. The van der Waals surface area contributed by atoms with Crippen LogP contribution in [0.25, 0.3) is 0 Å². The first-order valence-corrected chi connectivity index (χ1v) is 5.60. The van der Waals surface area contributed by atoms with E-state index in [2.05, 4.69) is 20.0 Å². The van der Waals surface area contributed by atoms with Crippen molar-refractivity contribution in [2.45, 2.75) is 6.04 Å². The monoisotopic (exact) mass is 201 g/mol. The third-order valence-electron chi connectivity index (χ3n) is 2.64. The first-order valence-electron chi connectivity index (χ1n) is 4.33. The Bertz CT molecular complexity index is 257. The van der Waals surface area contributed by atoms with Gasteiger partial charge in [-0.15, -0.1) is 6.42 Å². The number of hydrogen-bond acceptors (Lipinski definition) is 1. The zero-order chi connectivity index (χ0) is 10.1. The molecule has 1 aliphatic rings. The maximum atomic E-state index is 11.4. The molecule has 74 valence electrons. The standard InChI is InChI=1S/C9H17N2OS/c1-5-6-11(3,4)9-7-10(2)13(12)8-9/h1,9H,6-8H2,2-4H3/q+1. The fraction of sp³-hybridized carbons (Fsp3) is 0.778. The lowest BCUT2D eigenvalue weighted by Crippen LogP contribution is -2.51. The summed E-state index contributed by atoms with van der Waals surface area (Å²) in [5.41, 5.74) is 0. The van der Waals surface area contributed by atoms with Crippen LogP contribution in [-0.4, -0.2) is 59.0 Å². The summed E-state index contributed by atoms with van der Waals surface area (Å²) in [4.78, 5) is 0. The first-order chi connectivity index (χ1) is 5.97. The lowest BCUT2D eigenvalue weighted by Gasteiger charge is -2.33. The molecule has 1 heterocycles. The summed E-state index contributed by atoms with van der Waals surface area (Å²) in [5.74, 6) is 3.41. The van der Waals surface area contributed by atoms with Gasteiger partial charge in [0.05, 0.1) is 26.4 Å². The van der Waals surface area contributed by atoms with Crippen molar-refractivity contribution in [3.05, 3.63) is 0 Å². The second kappa shape index (κ2) is 3.79. The molecule has 0 radical (unpaired) electrons. The molecule has 0 aromatic rings. The number of terminal acetylenes is 1. The molecule has 0 saturated carbocycles. The van der Waals surface area contributed by atoms with Gasteiger partial charge in [-0.2, -0.15) is 0 Å². The average molecular weight is 201 g/mol. The van der Waals surface area contributed by atoms with Crippen LogP contribution in [0.3, 0.4) is 0 Å². The van der Waals surface area contributed by atoms with Crippen molar-refractivity contribution in [1.29, 1.82) is 0 Å². The lowest BCUT2D eigenvalue weighted by molar-refractivity contribution is -0.904. The minimum atomic E-state index is -0.799. The molecule has 3 nitrogen and oxygen atoms in total. The van der Waals surface area contributed by atoms with E-state index in [1.165, 1.54) is 0 Å². The van der Waals surface area contributed by atoms with Gasteiger partial charge in [0.15, 0.2) is 0 Å². The zero-order valence-electron chi connectivity index (χ0n) is 8.49. The van der Waals surface area contributed by atoms with Crippen LogP contribution in [0.15, 0.2) is 0 Å². The first kappa shape index (κ1) is 10.7. The highest BCUT2D eigenvalue weighted by molar-refractivity contribution is 7.82. The number of nitrogens with zero attached hydrogens (tertiary/aromatic N) is 2. The number of hydrogen-bond donors (Lipinski definition) is 0. The molecule has 1 aliphatic heterocycles. The summed E-state index contributed by atoms with van der Waals surface area (Å²) in [6.07, 6.45) is 5.30. The van der Waals surface area contributed by atoms with Crippen molar-refractivity contribution >= 4 is 11.0 Å². The third-order valence-corrected chi connectivity index (χ3v) is 4.15. The predicted molar refractivity (Wildman–Crippen MR) is 55.2 cm³/mol. The summed E-state index contributed by atoms with van der Waals surface area (Å²) in [6.45, 7) is 1.58. The smallest absolute Gasteiger partial charge is 0.140 e. The average Bonchev–Trinajstić information content (AvgIpc) is 2.33. The van der Waals surface area contributed by atoms with Crippen LogP contribution in [0.4, 0.5) is 0 Å². The highest BCUT2D eigenvalue weighted by Crippen LogP contribution is 2.16. The number of likely N-dealkylation sites (N-methyl/N-ethyl adjacent to an activating group) is 2. The maximum absolute atomic E-state index is 11.4. The van der Waals surface area contributed by atoms with Gasteiger partial charge in [-0.1, -0.05) is 0 Å². The van der Waals surface area contributed by atoms with Gasteiger partial charge >= 0.3 is 0 Å². The highest BCUT2D eigenvalue weighted by atomic mass is 32.2. The zero-order valence-corrected chi connectivity index (χ0v) is 9.30. The quantitative estimate of drug-likeness (QED) is 0.443. The molecule has 4 heteroatoms. The Hall–Kier alpha value is -0.370. The highest BCUT2D eigenvalue weighted by Gasteiger charge is 2.37. The number of rotatable bonds is 2. The number of quaternary nitrogens is 1. The van der Waals surface area contributed by atoms with Gasteiger partial charge in [0.1, 0.15) is 23.6 Å². The summed E-state index contributed by atoms with van der Waals surface area (Å²) >= 11 is 0. The molecule has 2 atom stereocenters. The Kier molecular flexibility index (Phi) is 3.12. The van der Waals surface area contributed by atoms with Gasteiger partial charge in [-0.05, 0) is 5.92 Å². The lowest BCUT2D eigenvalue weighted by atomic mass is 10.2. The van der Waals surface area contributed by atoms with Gasteiger partial charge in [-0.25, -0.2) is 8.51 Å². The Balaban J connectivity index is 2.65. The van der Waals surface area contributed by atoms with Gasteiger partial charge in [0.25, 0.3) is 0 Å². The fourth-order valence-electron chi connectivity index (χ4n) is 1.51. The van der Waals surface area contributed by atoms with E-state index in [0.29, 0.717) is 12.6 Å². The van der Waals surface area contributed by atoms with Gasteiger partial charge < -0.3 is 4.48 Å². The Labute approximate surface area is 82.9 Å². The van der Waals surface area contributed by atoms with E-state index < -0.39 is 11.0 Å². The summed E-state index contributed by atoms with van der Waals surface area (Å²) in [6, 6.07) is 0.405. The molecule has 0 amide bonds. The van der Waals surface area contributed by atoms with Crippen molar-refractivity contribution in [3.8, 4) is 12.3 Å². The molecule has 0 N–H and O–H groups in total. The van der Waals surface area contributed by atoms with E-state index in [4.69, 9.17) is 6.42 Å². The largest absolute Gasteiger partial charge is 0.314 e. The molecule has 1 rings (SSSR count). The van der Waals surface area contributed by atoms with E-state index in [1.54, 1.807) is 0 Å². The van der Waals surface area contributed by atoms with E-state index in [9.17, 15) is 4.21 Å². The Morgan fingerprint density at radius 3 is 2.69 bits per heavy atom. The molecule has 0 aromatic carbocycles. The van der Waals surface area contributed by atoms with Crippen LogP contribution in [-0.2, 0) is 11.0 Å². The van der Waals surface area contributed by atoms with E-state index in [0.717, 1.165) is 16.8 Å². The molecular weight excluding hydrogens is 184 g/mol. The van der Waals surface area contributed by atoms with Crippen LogP contribution in [0.2, 0.25) is 0 Å². The van der Waals surface area contributed by atoms with Crippen molar-refractivity contribution in [2.24, 2.45) is 0 Å². The van der Waals surface area contributed by atoms with Crippen LogP contribution in [0, 0.1) is 12.3 Å². The normalized spacial score (nSPS) is 30.3. The molecule has 2 unspecified atom stereocenters. The van der Waals surface area contributed by atoms with Gasteiger partial charge in [0, 0.05) is 7.05 Å². The molecule has 1 saturated heterocycles. The molecule has 1 fully saturated rings. The molecular formula is C9H17N2OS+. The summed E-state index contributed by atoms with van der Waals surface area (Å²) in [7, 11) is 5.29. The van der Waals surface area contributed by atoms with Crippen molar-refractivity contribution < 1.29 is 8.69 Å². The van der Waals surface area contributed by atoms with E-state index in [-0.39, 0.29) is 0 Å². The molecule has 0 bridgehead atoms. The van der Waals surface area contributed by atoms with Crippen molar-refractivity contribution in [3.63, 3.8) is 0 Å².